The average Bonchev–Trinajstić information content (AvgIpc) is 2.44. The molecule has 0 amide bonds. The van der Waals surface area contributed by atoms with Crippen LogP contribution >= 0.6 is 23.4 Å². The SMILES string of the molecule is CC1SCCN(S(=O)(=O)c2cc(F)c(Cl)c(CN)c2)C1C. The number of rotatable bonds is 3. The maximum atomic E-state index is 13.8. The maximum Gasteiger partial charge on any atom is 0.243 e. The van der Waals surface area contributed by atoms with Gasteiger partial charge < -0.3 is 5.73 Å². The van der Waals surface area contributed by atoms with Crippen molar-refractivity contribution < 1.29 is 12.8 Å². The third-order valence-electron chi connectivity index (χ3n) is 3.73. The Morgan fingerprint density at radius 3 is 2.76 bits per heavy atom. The van der Waals surface area contributed by atoms with Crippen molar-refractivity contribution in [3.63, 3.8) is 0 Å². The van der Waals surface area contributed by atoms with Gasteiger partial charge in [-0.2, -0.15) is 16.1 Å². The zero-order valence-corrected chi connectivity index (χ0v) is 14.2. The van der Waals surface area contributed by atoms with E-state index in [1.165, 1.54) is 10.4 Å². The Kier molecular flexibility index (Phi) is 5.20. The molecule has 0 bridgehead atoms. The molecule has 0 spiro atoms. The van der Waals surface area contributed by atoms with Gasteiger partial charge in [0, 0.05) is 30.1 Å². The van der Waals surface area contributed by atoms with E-state index < -0.39 is 15.8 Å². The van der Waals surface area contributed by atoms with E-state index >= 15 is 0 Å². The summed E-state index contributed by atoms with van der Waals surface area (Å²) in [5.74, 6) is -0.0323. The summed E-state index contributed by atoms with van der Waals surface area (Å²) in [6.45, 7) is 4.26. The van der Waals surface area contributed by atoms with Crippen LogP contribution in [0.25, 0.3) is 0 Å². The Morgan fingerprint density at radius 2 is 2.14 bits per heavy atom. The minimum Gasteiger partial charge on any atom is -0.326 e. The molecule has 118 valence electrons. The number of thioether (sulfide) groups is 1. The van der Waals surface area contributed by atoms with Crippen LogP contribution < -0.4 is 5.73 Å². The molecular weight excluding hydrogens is 335 g/mol. The predicted octanol–water partition coefficient (Wildman–Crippen LogP) is 2.45. The number of hydrogen-bond donors (Lipinski definition) is 1. The van der Waals surface area contributed by atoms with Gasteiger partial charge in [-0.1, -0.05) is 18.5 Å². The first-order valence-electron chi connectivity index (χ1n) is 6.60. The standard InChI is InChI=1S/C13H18ClFN2O2S2/c1-8-9(2)20-4-3-17(8)21(18,19)11-5-10(7-16)13(14)12(15)6-11/h5-6,8-9H,3-4,7,16H2,1-2H3. The van der Waals surface area contributed by atoms with Gasteiger partial charge in [-0.15, -0.1) is 0 Å². The highest BCUT2D eigenvalue weighted by Gasteiger charge is 2.35. The molecule has 1 aliphatic heterocycles. The van der Waals surface area contributed by atoms with Crippen molar-refractivity contribution in [2.75, 3.05) is 12.3 Å². The molecule has 8 heteroatoms. The summed E-state index contributed by atoms with van der Waals surface area (Å²) in [6.07, 6.45) is 0. The summed E-state index contributed by atoms with van der Waals surface area (Å²) in [4.78, 5) is -0.0872. The Bertz CT molecular complexity index is 639. The summed E-state index contributed by atoms with van der Waals surface area (Å²) < 4.78 is 40.7. The lowest BCUT2D eigenvalue weighted by molar-refractivity contribution is 0.340. The van der Waals surface area contributed by atoms with Gasteiger partial charge in [0.05, 0.1) is 9.92 Å². The van der Waals surface area contributed by atoms with Gasteiger partial charge in [0.25, 0.3) is 0 Å². The van der Waals surface area contributed by atoms with Crippen LogP contribution in [0.3, 0.4) is 0 Å². The van der Waals surface area contributed by atoms with Crippen molar-refractivity contribution in [2.45, 2.75) is 36.6 Å². The predicted molar refractivity (Wildman–Crippen MR) is 84.6 cm³/mol. The van der Waals surface area contributed by atoms with E-state index in [0.29, 0.717) is 12.1 Å². The van der Waals surface area contributed by atoms with E-state index in [4.69, 9.17) is 17.3 Å². The molecule has 0 aliphatic carbocycles. The van der Waals surface area contributed by atoms with E-state index in [9.17, 15) is 12.8 Å². The number of benzene rings is 1. The maximum absolute atomic E-state index is 13.8. The summed E-state index contributed by atoms with van der Waals surface area (Å²) in [5, 5.41) is 0.0757. The third-order valence-corrected chi connectivity index (χ3v) is 7.45. The molecule has 1 heterocycles. The van der Waals surface area contributed by atoms with Gasteiger partial charge >= 0.3 is 0 Å². The highest BCUT2D eigenvalue weighted by Crippen LogP contribution is 2.31. The van der Waals surface area contributed by atoms with Gasteiger partial charge in [-0.3, -0.25) is 0 Å². The van der Waals surface area contributed by atoms with Crippen LogP contribution in [0.5, 0.6) is 0 Å². The van der Waals surface area contributed by atoms with Crippen LogP contribution in [0, 0.1) is 5.82 Å². The van der Waals surface area contributed by atoms with Gasteiger partial charge in [-0.05, 0) is 24.6 Å². The fourth-order valence-electron chi connectivity index (χ4n) is 2.30. The van der Waals surface area contributed by atoms with Crippen molar-refractivity contribution in [3.8, 4) is 0 Å². The number of sulfonamides is 1. The summed E-state index contributed by atoms with van der Waals surface area (Å²) in [6, 6.07) is 2.18. The molecular formula is C13H18ClFN2O2S2. The lowest BCUT2D eigenvalue weighted by Gasteiger charge is -2.36. The van der Waals surface area contributed by atoms with E-state index in [2.05, 4.69) is 0 Å². The Balaban J connectivity index is 2.46. The normalized spacial score (nSPS) is 24.2. The molecule has 2 atom stereocenters. The average molecular weight is 353 g/mol. The highest BCUT2D eigenvalue weighted by atomic mass is 35.5. The lowest BCUT2D eigenvalue weighted by Crippen LogP contribution is -2.47. The summed E-state index contributed by atoms with van der Waals surface area (Å²) >= 11 is 7.52. The molecule has 4 nitrogen and oxygen atoms in total. The molecule has 0 saturated carbocycles. The Labute approximate surface area is 133 Å². The van der Waals surface area contributed by atoms with E-state index in [-0.39, 0.29) is 27.8 Å². The number of hydrogen-bond acceptors (Lipinski definition) is 4. The molecule has 1 aromatic rings. The first-order chi connectivity index (χ1) is 9.78. The van der Waals surface area contributed by atoms with Crippen LogP contribution in [0.2, 0.25) is 5.02 Å². The van der Waals surface area contributed by atoms with Crippen molar-refractivity contribution in [2.24, 2.45) is 5.73 Å². The minimum atomic E-state index is -3.75. The first kappa shape index (κ1) is 17.0. The molecule has 1 saturated heterocycles. The molecule has 0 aromatic heterocycles. The minimum absolute atomic E-state index is 0.0130. The fourth-order valence-corrected chi connectivity index (χ4v) is 5.54. The van der Waals surface area contributed by atoms with E-state index in [1.807, 2.05) is 13.8 Å². The first-order valence-corrected chi connectivity index (χ1v) is 9.47. The van der Waals surface area contributed by atoms with Gasteiger partial charge in [-0.25, -0.2) is 12.8 Å². The molecule has 1 aromatic carbocycles. The Morgan fingerprint density at radius 1 is 1.48 bits per heavy atom. The summed E-state index contributed by atoms with van der Waals surface area (Å²) in [5.41, 5.74) is 5.79. The van der Waals surface area contributed by atoms with E-state index in [1.54, 1.807) is 11.8 Å². The largest absolute Gasteiger partial charge is 0.326 e. The molecule has 2 N–H and O–H groups in total. The topological polar surface area (TPSA) is 63.4 Å². The van der Waals surface area contributed by atoms with Gasteiger partial charge in [0.2, 0.25) is 10.0 Å². The van der Waals surface area contributed by atoms with Crippen LogP contribution in [-0.2, 0) is 16.6 Å². The van der Waals surface area contributed by atoms with Crippen molar-refractivity contribution in [1.29, 1.82) is 0 Å². The second kappa shape index (κ2) is 6.42. The second-order valence-electron chi connectivity index (χ2n) is 5.01. The molecule has 2 unspecified atom stereocenters. The number of nitrogens with two attached hydrogens (primary N) is 1. The Hall–Kier alpha value is -0.340. The lowest BCUT2D eigenvalue weighted by atomic mass is 10.2. The van der Waals surface area contributed by atoms with Crippen LogP contribution in [0.15, 0.2) is 17.0 Å². The second-order valence-corrected chi connectivity index (χ2v) is 8.77. The molecule has 1 fully saturated rings. The summed E-state index contributed by atoms with van der Waals surface area (Å²) in [7, 11) is -3.75. The number of nitrogens with zero attached hydrogens (tertiary/aromatic N) is 1. The van der Waals surface area contributed by atoms with Crippen molar-refractivity contribution in [1.82, 2.24) is 4.31 Å². The van der Waals surface area contributed by atoms with Gasteiger partial charge in [0.1, 0.15) is 5.82 Å². The zero-order valence-electron chi connectivity index (χ0n) is 11.8. The molecule has 1 aliphatic rings. The van der Waals surface area contributed by atoms with Crippen LogP contribution in [-0.4, -0.2) is 36.3 Å². The molecule has 0 radical (unpaired) electrons. The van der Waals surface area contributed by atoms with Crippen molar-refractivity contribution >= 4 is 33.4 Å². The van der Waals surface area contributed by atoms with E-state index in [0.717, 1.165) is 11.8 Å². The third kappa shape index (κ3) is 3.22. The zero-order chi connectivity index (χ0) is 15.8. The van der Waals surface area contributed by atoms with Crippen LogP contribution in [0.1, 0.15) is 19.4 Å². The smallest absolute Gasteiger partial charge is 0.243 e. The van der Waals surface area contributed by atoms with Crippen LogP contribution in [0.4, 0.5) is 4.39 Å². The molecule has 21 heavy (non-hydrogen) atoms. The quantitative estimate of drug-likeness (QED) is 0.907. The van der Waals surface area contributed by atoms with Crippen molar-refractivity contribution in [3.05, 3.63) is 28.5 Å². The highest BCUT2D eigenvalue weighted by molar-refractivity contribution is 8.00. The monoisotopic (exact) mass is 352 g/mol. The molecule has 2 rings (SSSR count). The number of halogens is 2. The fraction of sp³-hybridized carbons (Fsp3) is 0.538. The van der Waals surface area contributed by atoms with Gasteiger partial charge in [0.15, 0.2) is 0 Å².